The maximum atomic E-state index is 5.90. The van der Waals surface area contributed by atoms with Crippen LogP contribution >= 0.6 is 11.6 Å². The molecule has 11 heavy (non-hydrogen) atoms. The molecule has 1 aromatic carbocycles. The molecule has 2 heteroatoms. The zero-order chi connectivity index (χ0) is 8.43. The number of rotatable bonds is 1. The second-order valence-electron chi connectivity index (χ2n) is 2.75. The predicted molar refractivity (Wildman–Crippen MR) is 49.9 cm³/mol. The molecule has 0 fully saturated rings. The molecule has 1 unspecified atom stereocenters. The van der Waals surface area contributed by atoms with Gasteiger partial charge in [0.2, 0.25) is 0 Å². The second-order valence-corrected chi connectivity index (χ2v) is 3.40. The van der Waals surface area contributed by atoms with Gasteiger partial charge < -0.3 is 5.73 Å². The lowest BCUT2D eigenvalue weighted by atomic mass is 10.1. The molecule has 0 saturated carbocycles. The van der Waals surface area contributed by atoms with Gasteiger partial charge in [0.25, 0.3) is 0 Å². The van der Waals surface area contributed by atoms with Crippen molar-refractivity contribution in [2.24, 2.45) is 0 Å². The molecule has 0 bridgehead atoms. The number of benzene rings is 1. The number of hydrogen-bond donors (Lipinski definition) is 1. The molecule has 0 radical (unpaired) electrons. The number of hydrogen-bond acceptors (Lipinski definition) is 1. The van der Waals surface area contributed by atoms with Gasteiger partial charge in [-0.1, -0.05) is 17.7 Å². The van der Waals surface area contributed by atoms with Crippen molar-refractivity contribution in [3.8, 4) is 0 Å². The van der Waals surface area contributed by atoms with Gasteiger partial charge in [0.15, 0.2) is 0 Å². The molecule has 0 aliphatic heterocycles. The number of nitrogens with two attached hydrogens (primary N) is 1. The van der Waals surface area contributed by atoms with Gasteiger partial charge in [0.05, 0.1) is 5.38 Å². The zero-order valence-electron chi connectivity index (χ0n) is 6.76. The summed E-state index contributed by atoms with van der Waals surface area (Å²) in [4.78, 5) is 0. The Balaban J connectivity index is 3.13. The molecular weight excluding hydrogens is 158 g/mol. The van der Waals surface area contributed by atoms with Gasteiger partial charge in [-0.3, -0.25) is 0 Å². The summed E-state index contributed by atoms with van der Waals surface area (Å²) in [5.74, 6) is 0. The summed E-state index contributed by atoms with van der Waals surface area (Å²) in [5, 5.41) is -0.00472. The highest BCUT2D eigenvalue weighted by molar-refractivity contribution is 6.20. The maximum Gasteiger partial charge on any atom is 0.0577 e. The molecule has 0 spiro atoms. The Morgan fingerprint density at radius 1 is 1.45 bits per heavy atom. The largest absolute Gasteiger partial charge is 0.398 e. The average molecular weight is 170 g/mol. The van der Waals surface area contributed by atoms with Crippen molar-refractivity contribution in [1.82, 2.24) is 0 Å². The molecule has 0 saturated heterocycles. The van der Waals surface area contributed by atoms with Crippen molar-refractivity contribution in [2.75, 3.05) is 5.73 Å². The van der Waals surface area contributed by atoms with Gasteiger partial charge in [-0.2, -0.15) is 0 Å². The highest BCUT2D eigenvalue weighted by Gasteiger charge is 2.04. The summed E-state index contributed by atoms with van der Waals surface area (Å²) < 4.78 is 0. The summed E-state index contributed by atoms with van der Waals surface area (Å²) in [5.41, 5.74) is 8.70. The van der Waals surface area contributed by atoms with E-state index in [1.165, 1.54) is 5.56 Å². The topological polar surface area (TPSA) is 26.0 Å². The SMILES string of the molecule is Cc1ccc(N)c(C(C)Cl)c1. The number of halogens is 1. The number of aryl methyl sites for hydroxylation is 1. The van der Waals surface area contributed by atoms with Crippen LogP contribution in [0.4, 0.5) is 5.69 Å². The predicted octanol–water partition coefficient (Wildman–Crippen LogP) is 2.88. The lowest BCUT2D eigenvalue weighted by Crippen LogP contribution is -1.94. The molecule has 1 rings (SSSR count). The first-order valence-corrected chi connectivity index (χ1v) is 4.05. The highest BCUT2D eigenvalue weighted by Crippen LogP contribution is 2.25. The third kappa shape index (κ3) is 1.87. The molecular formula is C9H12ClN. The number of alkyl halides is 1. The van der Waals surface area contributed by atoms with E-state index >= 15 is 0 Å². The molecule has 0 heterocycles. The van der Waals surface area contributed by atoms with Crippen LogP contribution in [0.1, 0.15) is 23.4 Å². The third-order valence-electron chi connectivity index (χ3n) is 1.67. The van der Waals surface area contributed by atoms with Crippen LogP contribution in [-0.2, 0) is 0 Å². The quantitative estimate of drug-likeness (QED) is 0.508. The van der Waals surface area contributed by atoms with Gasteiger partial charge in [0.1, 0.15) is 0 Å². The third-order valence-corrected chi connectivity index (χ3v) is 1.91. The van der Waals surface area contributed by atoms with Gasteiger partial charge in [-0.25, -0.2) is 0 Å². The van der Waals surface area contributed by atoms with Crippen molar-refractivity contribution in [2.45, 2.75) is 19.2 Å². The molecule has 0 aromatic heterocycles. The van der Waals surface area contributed by atoms with Crippen molar-refractivity contribution >= 4 is 17.3 Å². The first kappa shape index (κ1) is 8.41. The van der Waals surface area contributed by atoms with Gasteiger partial charge in [0, 0.05) is 5.69 Å². The van der Waals surface area contributed by atoms with Crippen molar-refractivity contribution in [3.63, 3.8) is 0 Å². The smallest absolute Gasteiger partial charge is 0.0577 e. The Bertz CT molecular complexity index is 256. The first-order chi connectivity index (χ1) is 5.11. The fraction of sp³-hybridized carbons (Fsp3) is 0.333. The van der Waals surface area contributed by atoms with E-state index in [4.69, 9.17) is 17.3 Å². The van der Waals surface area contributed by atoms with Crippen LogP contribution in [0.2, 0.25) is 0 Å². The van der Waals surface area contributed by atoms with Crippen molar-refractivity contribution in [1.29, 1.82) is 0 Å². The summed E-state index contributed by atoms with van der Waals surface area (Å²) in [6.07, 6.45) is 0. The van der Waals surface area contributed by atoms with Gasteiger partial charge in [-0.15, -0.1) is 11.6 Å². The molecule has 1 atom stereocenters. The summed E-state index contributed by atoms with van der Waals surface area (Å²) in [6, 6.07) is 5.90. The van der Waals surface area contributed by atoms with Crippen LogP contribution in [0.5, 0.6) is 0 Å². The van der Waals surface area contributed by atoms with Crippen LogP contribution < -0.4 is 5.73 Å². The van der Waals surface area contributed by atoms with Crippen LogP contribution in [0.3, 0.4) is 0 Å². The van der Waals surface area contributed by atoms with E-state index in [0.717, 1.165) is 11.3 Å². The van der Waals surface area contributed by atoms with E-state index in [1.807, 2.05) is 32.0 Å². The normalized spacial score (nSPS) is 13.0. The minimum Gasteiger partial charge on any atom is -0.398 e. The second kappa shape index (κ2) is 3.14. The molecule has 0 aliphatic carbocycles. The van der Waals surface area contributed by atoms with E-state index in [0.29, 0.717) is 0 Å². The van der Waals surface area contributed by atoms with Crippen LogP contribution in [0, 0.1) is 6.92 Å². The molecule has 0 amide bonds. The monoisotopic (exact) mass is 169 g/mol. The summed E-state index contributed by atoms with van der Waals surface area (Å²) in [7, 11) is 0. The number of anilines is 1. The minimum atomic E-state index is -0.00472. The molecule has 0 aliphatic rings. The Kier molecular flexibility index (Phi) is 2.40. The van der Waals surface area contributed by atoms with Crippen LogP contribution in [0.15, 0.2) is 18.2 Å². The minimum absolute atomic E-state index is 0.00472. The van der Waals surface area contributed by atoms with Crippen LogP contribution in [0.25, 0.3) is 0 Å². The Morgan fingerprint density at radius 2 is 2.09 bits per heavy atom. The number of nitrogen functional groups attached to an aromatic ring is 1. The first-order valence-electron chi connectivity index (χ1n) is 3.61. The lowest BCUT2D eigenvalue weighted by molar-refractivity contribution is 1.08. The highest BCUT2D eigenvalue weighted by atomic mass is 35.5. The fourth-order valence-electron chi connectivity index (χ4n) is 1.04. The maximum absolute atomic E-state index is 5.90. The standard InChI is InChI=1S/C9H12ClN/c1-6-3-4-9(11)8(5-6)7(2)10/h3-5,7H,11H2,1-2H3. The van der Waals surface area contributed by atoms with Crippen molar-refractivity contribution in [3.05, 3.63) is 29.3 Å². The van der Waals surface area contributed by atoms with Crippen LogP contribution in [-0.4, -0.2) is 0 Å². The Hall–Kier alpha value is -0.690. The molecule has 1 aromatic rings. The molecule has 60 valence electrons. The lowest BCUT2D eigenvalue weighted by Gasteiger charge is -2.07. The zero-order valence-corrected chi connectivity index (χ0v) is 7.52. The molecule has 1 nitrogen and oxygen atoms in total. The van der Waals surface area contributed by atoms with E-state index < -0.39 is 0 Å². The average Bonchev–Trinajstić information content (AvgIpc) is 1.94. The van der Waals surface area contributed by atoms with Gasteiger partial charge in [-0.05, 0) is 25.5 Å². The summed E-state index contributed by atoms with van der Waals surface area (Å²) in [6.45, 7) is 3.95. The van der Waals surface area contributed by atoms with Gasteiger partial charge >= 0.3 is 0 Å². The summed E-state index contributed by atoms with van der Waals surface area (Å²) >= 11 is 5.90. The Labute approximate surface area is 72.2 Å². The molecule has 2 N–H and O–H groups in total. The van der Waals surface area contributed by atoms with E-state index in [9.17, 15) is 0 Å². The van der Waals surface area contributed by atoms with E-state index in [-0.39, 0.29) is 5.38 Å². The van der Waals surface area contributed by atoms with Crippen molar-refractivity contribution < 1.29 is 0 Å². The van der Waals surface area contributed by atoms with E-state index in [1.54, 1.807) is 0 Å². The Morgan fingerprint density at radius 3 is 2.55 bits per heavy atom. The van der Waals surface area contributed by atoms with E-state index in [2.05, 4.69) is 0 Å². The fourth-order valence-corrected chi connectivity index (χ4v) is 1.23.